The average molecular weight is 438 g/mol. The average Bonchev–Trinajstić information content (AvgIpc) is 3.14. The molecule has 0 amide bonds. The summed E-state index contributed by atoms with van der Waals surface area (Å²) in [7, 11) is 0. The molecular weight excluding hydrogens is 421 g/mol. The predicted octanol–water partition coefficient (Wildman–Crippen LogP) is 1.02. The summed E-state index contributed by atoms with van der Waals surface area (Å²) in [5.41, 5.74) is -4.97. The number of hydrogen-bond donors (Lipinski definition) is 1. The molecular formula is C20H17F3N2O6. The fourth-order valence-corrected chi connectivity index (χ4v) is 3.23. The van der Waals surface area contributed by atoms with E-state index < -0.39 is 53.9 Å². The number of aromatic nitrogens is 2. The van der Waals surface area contributed by atoms with E-state index in [9.17, 15) is 32.7 Å². The molecule has 1 aliphatic rings. The van der Waals surface area contributed by atoms with E-state index in [1.165, 1.54) is 24.3 Å². The van der Waals surface area contributed by atoms with Crippen molar-refractivity contribution >= 4 is 5.91 Å². The lowest BCUT2D eigenvalue weighted by molar-refractivity contribution is -0.139. The number of hydrogen-bond acceptors (Lipinski definition) is 6. The topological polar surface area (TPSA) is 99.8 Å². The first-order valence-corrected chi connectivity index (χ1v) is 9.05. The maximum absolute atomic E-state index is 13.5. The van der Waals surface area contributed by atoms with Crippen LogP contribution in [-0.2, 0) is 15.7 Å². The number of aliphatic hydroxyl groups is 1. The molecule has 2 heterocycles. The Balaban J connectivity index is 2.14. The van der Waals surface area contributed by atoms with E-state index in [0.717, 1.165) is 0 Å². The largest absolute Gasteiger partial charge is 0.423 e. The van der Waals surface area contributed by atoms with Gasteiger partial charge in [0.2, 0.25) is 0 Å². The summed E-state index contributed by atoms with van der Waals surface area (Å²) in [5, 5.41) is 9.46. The van der Waals surface area contributed by atoms with Gasteiger partial charge in [0.25, 0.3) is 11.5 Å². The summed E-state index contributed by atoms with van der Waals surface area (Å²) in [4.78, 5) is 38.0. The lowest BCUT2D eigenvalue weighted by atomic mass is 10.2. The normalized spacial score (nSPS) is 21.1. The lowest BCUT2D eigenvalue weighted by Gasteiger charge is -2.18. The van der Waals surface area contributed by atoms with Gasteiger partial charge in [-0.3, -0.25) is 14.2 Å². The Bertz CT molecular complexity index is 1120. The molecule has 0 saturated carbocycles. The number of benzene rings is 1. The first kappa shape index (κ1) is 22.5. The van der Waals surface area contributed by atoms with Crippen LogP contribution >= 0.6 is 0 Å². The fourth-order valence-electron chi connectivity index (χ4n) is 3.23. The SMILES string of the molecule is C#CCO[C@H]1C[C@H](n2cc(C(F)(F)F)c(=O)n(C(=O)c3ccccc3)c2=O)O[C@@H]1CO. The number of carbonyl (C=O) groups excluding carboxylic acids is 1. The van der Waals surface area contributed by atoms with Gasteiger partial charge in [0.1, 0.15) is 24.5 Å². The molecule has 2 aromatic rings. The molecule has 0 bridgehead atoms. The predicted molar refractivity (Wildman–Crippen MR) is 100 cm³/mol. The van der Waals surface area contributed by atoms with Crippen LogP contribution in [0.3, 0.4) is 0 Å². The second-order valence-corrected chi connectivity index (χ2v) is 6.64. The van der Waals surface area contributed by atoms with E-state index >= 15 is 0 Å². The van der Waals surface area contributed by atoms with Gasteiger partial charge in [-0.1, -0.05) is 24.1 Å². The molecule has 164 valence electrons. The zero-order valence-electron chi connectivity index (χ0n) is 15.9. The molecule has 1 aliphatic heterocycles. The summed E-state index contributed by atoms with van der Waals surface area (Å²) in [6, 6.07) is 6.95. The van der Waals surface area contributed by atoms with Crippen molar-refractivity contribution in [2.45, 2.75) is 31.0 Å². The van der Waals surface area contributed by atoms with E-state index in [2.05, 4.69) is 5.92 Å². The summed E-state index contributed by atoms with van der Waals surface area (Å²) >= 11 is 0. The Morgan fingerprint density at radius 1 is 1.29 bits per heavy atom. The highest BCUT2D eigenvalue weighted by Gasteiger charge is 2.41. The van der Waals surface area contributed by atoms with Crippen molar-refractivity contribution in [1.82, 2.24) is 9.13 Å². The minimum atomic E-state index is -5.14. The van der Waals surface area contributed by atoms with E-state index in [1.54, 1.807) is 6.07 Å². The number of nitrogens with zero attached hydrogens (tertiary/aromatic N) is 2. The van der Waals surface area contributed by atoms with Crippen molar-refractivity contribution < 1.29 is 32.5 Å². The fraction of sp³-hybridized carbons (Fsp3) is 0.350. The summed E-state index contributed by atoms with van der Waals surface area (Å²) < 4.78 is 51.7. The minimum absolute atomic E-state index is 0.0783. The van der Waals surface area contributed by atoms with E-state index in [4.69, 9.17) is 15.9 Å². The molecule has 0 spiro atoms. The molecule has 0 aliphatic carbocycles. The zero-order valence-corrected chi connectivity index (χ0v) is 15.9. The standard InChI is InChI=1S/C20H17F3N2O6/c1-2-8-30-14-9-16(31-15(14)11-26)24-10-13(20(21,22)23)18(28)25(19(24)29)17(27)12-6-4-3-5-7-12/h1,3-7,10,14-16,26H,8-9,11H2/t14-,15+,16+/m0/s1. The van der Waals surface area contributed by atoms with Gasteiger partial charge in [-0.15, -0.1) is 6.42 Å². The third kappa shape index (κ3) is 4.46. The summed E-state index contributed by atoms with van der Waals surface area (Å²) in [6.45, 7) is -0.693. The number of alkyl halides is 3. The van der Waals surface area contributed by atoms with E-state index in [0.29, 0.717) is 10.8 Å². The van der Waals surface area contributed by atoms with Gasteiger partial charge in [-0.05, 0) is 12.1 Å². The van der Waals surface area contributed by atoms with Gasteiger partial charge < -0.3 is 14.6 Å². The molecule has 3 rings (SSSR count). The number of terminal acetylenes is 1. The van der Waals surface area contributed by atoms with Crippen LogP contribution in [0.1, 0.15) is 28.6 Å². The second-order valence-electron chi connectivity index (χ2n) is 6.64. The molecule has 1 aromatic carbocycles. The number of aliphatic hydroxyl groups excluding tert-OH is 1. The Labute approximate surface area is 173 Å². The molecule has 1 fully saturated rings. The Morgan fingerprint density at radius 3 is 2.55 bits per heavy atom. The van der Waals surface area contributed by atoms with Gasteiger partial charge in [0, 0.05) is 18.2 Å². The van der Waals surface area contributed by atoms with Crippen LogP contribution < -0.4 is 11.2 Å². The van der Waals surface area contributed by atoms with Crippen LogP contribution in [0.15, 0.2) is 46.1 Å². The van der Waals surface area contributed by atoms with Crippen LogP contribution in [0.2, 0.25) is 0 Å². The van der Waals surface area contributed by atoms with Crippen LogP contribution in [0.5, 0.6) is 0 Å². The van der Waals surface area contributed by atoms with Crippen molar-refractivity contribution in [2.75, 3.05) is 13.2 Å². The number of rotatable bonds is 5. The number of halogens is 3. The van der Waals surface area contributed by atoms with Crippen LogP contribution in [0.25, 0.3) is 0 Å². The van der Waals surface area contributed by atoms with Crippen molar-refractivity contribution in [2.24, 2.45) is 0 Å². The third-order valence-electron chi connectivity index (χ3n) is 4.69. The molecule has 11 heteroatoms. The number of carbonyl (C=O) groups is 1. The maximum atomic E-state index is 13.5. The van der Waals surface area contributed by atoms with Crippen molar-refractivity contribution in [3.8, 4) is 12.3 Å². The Kier molecular flexibility index (Phi) is 6.45. The molecule has 3 atom stereocenters. The summed E-state index contributed by atoms with van der Waals surface area (Å²) in [6.07, 6.45) is -2.95. The molecule has 1 N–H and O–H groups in total. The van der Waals surface area contributed by atoms with Crippen molar-refractivity contribution in [3.05, 3.63) is 68.5 Å². The van der Waals surface area contributed by atoms with Crippen molar-refractivity contribution in [3.63, 3.8) is 0 Å². The Hall–Kier alpha value is -3.20. The van der Waals surface area contributed by atoms with Gasteiger partial charge in [0.05, 0.1) is 12.7 Å². The van der Waals surface area contributed by atoms with Gasteiger partial charge in [0.15, 0.2) is 0 Å². The lowest BCUT2D eigenvalue weighted by Crippen LogP contribution is -2.47. The second kappa shape index (κ2) is 8.89. The molecule has 31 heavy (non-hydrogen) atoms. The van der Waals surface area contributed by atoms with E-state index in [1.807, 2.05) is 0 Å². The molecule has 1 aromatic heterocycles. The van der Waals surface area contributed by atoms with E-state index in [-0.39, 0.29) is 23.2 Å². The van der Waals surface area contributed by atoms with Crippen LogP contribution in [0, 0.1) is 12.3 Å². The minimum Gasteiger partial charge on any atom is -0.394 e. The highest BCUT2D eigenvalue weighted by Crippen LogP contribution is 2.31. The van der Waals surface area contributed by atoms with Crippen molar-refractivity contribution in [1.29, 1.82) is 0 Å². The maximum Gasteiger partial charge on any atom is 0.423 e. The highest BCUT2D eigenvalue weighted by molar-refractivity contribution is 5.95. The summed E-state index contributed by atoms with van der Waals surface area (Å²) in [5.74, 6) is 1.00. The quantitative estimate of drug-likeness (QED) is 0.700. The van der Waals surface area contributed by atoms with Gasteiger partial charge in [-0.25, -0.2) is 4.79 Å². The first-order chi connectivity index (χ1) is 14.7. The molecule has 8 nitrogen and oxygen atoms in total. The van der Waals surface area contributed by atoms with Crippen LogP contribution in [-0.4, -0.2) is 45.6 Å². The molecule has 0 radical (unpaired) electrons. The smallest absolute Gasteiger partial charge is 0.394 e. The number of ether oxygens (including phenoxy) is 2. The highest BCUT2D eigenvalue weighted by atomic mass is 19.4. The monoisotopic (exact) mass is 438 g/mol. The van der Waals surface area contributed by atoms with Crippen LogP contribution in [0.4, 0.5) is 13.2 Å². The first-order valence-electron chi connectivity index (χ1n) is 9.05. The van der Waals surface area contributed by atoms with Gasteiger partial charge in [-0.2, -0.15) is 17.7 Å². The third-order valence-corrected chi connectivity index (χ3v) is 4.69. The molecule has 1 saturated heterocycles. The Morgan fingerprint density at radius 2 is 1.97 bits per heavy atom. The molecule has 0 unspecified atom stereocenters. The van der Waals surface area contributed by atoms with Gasteiger partial charge >= 0.3 is 11.9 Å². The zero-order chi connectivity index (χ0) is 22.8.